The molecule has 5 N–H and O–H groups in total. The smallest absolute Gasteiger partial charge is 0.251 e. The summed E-state index contributed by atoms with van der Waals surface area (Å²) in [5.41, 5.74) is 12.5. The van der Waals surface area contributed by atoms with Gasteiger partial charge in [-0.25, -0.2) is 0 Å². The van der Waals surface area contributed by atoms with E-state index in [-0.39, 0.29) is 11.7 Å². The van der Waals surface area contributed by atoms with Gasteiger partial charge in [0, 0.05) is 4.88 Å². The Bertz CT molecular complexity index is 755. The number of hydrogen-bond donors (Lipinski definition) is 3. The van der Waals surface area contributed by atoms with Crippen LogP contribution in [-0.4, -0.2) is 27.8 Å². The summed E-state index contributed by atoms with van der Waals surface area (Å²) >= 11 is 3.95. The van der Waals surface area contributed by atoms with Crippen molar-refractivity contribution in [2.24, 2.45) is 5.73 Å². The van der Waals surface area contributed by atoms with Gasteiger partial charge in [-0.2, -0.15) is 0 Å². The fourth-order valence-corrected chi connectivity index (χ4v) is 5.23. The van der Waals surface area contributed by atoms with Gasteiger partial charge in [-0.05, 0) is 31.2 Å². The number of aromatic nitrogens is 2. The first-order valence-electron chi connectivity index (χ1n) is 7.00. The molecule has 0 saturated carbocycles. The fraction of sp³-hybridized carbons (Fsp3) is 0.385. The van der Waals surface area contributed by atoms with Crippen molar-refractivity contribution in [3.05, 3.63) is 16.0 Å². The van der Waals surface area contributed by atoms with E-state index in [1.54, 1.807) is 0 Å². The Morgan fingerprint density at radius 3 is 2.70 bits per heavy atom. The van der Waals surface area contributed by atoms with Gasteiger partial charge < -0.3 is 16.8 Å². The molecule has 1 aliphatic rings. The molecule has 7 nitrogen and oxygen atoms in total. The van der Waals surface area contributed by atoms with Crippen molar-refractivity contribution in [2.75, 3.05) is 16.8 Å². The number of amides is 2. The highest BCUT2D eigenvalue weighted by Gasteiger charge is 2.24. The summed E-state index contributed by atoms with van der Waals surface area (Å²) in [5, 5.41) is 11.3. The molecule has 2 amide bonds. The van der Waals surface area contributed by atoms with E-state index in [2.05, 4.69) is 15.5 Å². The molecule has 23 heavy (non-hydrogen) atoms. The topological polar surface area (TPSA) is 124 Å². The summed E-state index contributed by atoms with van der Waals surface area (Å²) in [6.07, 6.45) is 3.94. The molecule has 0 bridgehead atoms. The Kier molecular flexibility index (Phi) is 4.83. The van der Waals surface area contributed by atoms with E-state index in [9.17, 15) is 9.59 Å². The summed E-state index contributed by atoms with van der Waals surface area (Å²) in [6, 6.07) is 0. The van der Waals surface area contributed by atoms with Crippen LogP contribution in [0.15, 0.2) is 4.34 Å². The van der Waals surface area contributed by atoms with Crippen LogP contribution in [0.1, 0.15) is 33.6 Å². The average molecular weight is 369 g/mol. The molecule has 0 fully saturated rings. The Hall–Kier alpha value is -1.65. The first kappa shape index (κ1) is 16.2. The Morgan fingerprint density at radius 2 is 2.00 bits per heavy atom. The molecule has 0 radical (unpaired) electrons. The van der Waals surface area contributed by atoms with E-state index < -0.39 is 5.91 Å². The van der Waals surface area contributed by atoms with Crippen LogP contribution in [0.2, 0.25) is 0 Å². The molecule has 0 atom stereocenters. The van der Waals surface area contributed by atoms with Crippen molar-refractivity contribution in [1.82, 2.24) is 10.2 Å². The molecule has 0 unspecified atom stereocenters. The van der Waals surface area contributed by atoms with E-state index in [4.69, 9.17) is 11.5 Å². The number of rotatable bonds is 5. The van der Waals surface area contributed by atoms with Crippen LogP contribution < -0.4 is 16.8 Å². The number of carbonyl (C=O) groups excluding carboxylic acids is 2. The van der Waals surface area contributed by atoms with Gasteiger partial charge in [0.15, 0.2) is 4.34 Å². The molecule has 10 heteroatoms. The number of fused-ring (bicyclic) bond motifs is 1. The highest BCUT2D eigenvalue weighted by molar-refractivity contribution is 8.01. The van der Waals surface area contributed by atoms with Crippen molar-refractivity contribution < 1.29 is 9.59 Å². The second kappa shape index (κ2) is 6.85. The van der Waals surface area contributed by atoms with Gasteiger partial charge in [-0.15, -0.1) is 21.5 Å². The van der Waals surface area contributed by atoms with Gasteiger partial charge in [0.1, 0.15) is 5.00 Å². The largest absolute Gasteiger partial charge is 0.374 e. The lowest BCUT2D eigenvalue weighted by molar-refractivity contribution is -0.113. The van der Waals surface area contributed by atoms with Crippen molar-refractivity contribution in [3.8, 4) is 0 Å². The number of hydrogen-bond acceptors (Lipinski definition) is 8. The third-order valence-corrected chi connectivity index (χ3v) is 6.51. The van der Waals surface area contributed by atoms with Crippen LogP contribution in [0.4, 0.5) is 10.1 Å². The Labute approximate surface area is 144 Å². The van der Waals surface area contributed by atoms with Crippen molar-refractivity contribution in [1.29, 1.82) is 0 Å². The van der Waals surface area contributed by atoms with Crippen molar-refractivity contribution in [3.63, 3.8) is 0 Å². The number of nitrogens with zero attached hydrogens (tertiary/aromatic N) is 2. The van der Waals surface area contributed by atoms with Crippen LogP contribution >= 0.6 is 34.4 Å². The highest BCUT2D eigenvalue weighted by atomic mass is 32.2. The molecule has 0 spiro atoms. The number of thioether (sulfide) groups is 1. The van der Waals surface area contributed by atoms with Crippen molar-refractivity contribution in [2.45, 2.75) is 30.0 Å². The molecule has 2 aromatic heterocycles. The lowest BCUT2D eigenvalue weighted by Crippen LogP contribution is -2.19. The van der Waals surface area contributed by atoms with Crippen LogP contribution in [0, 0.1) is 0 Å². The summed E-state index contributed by atoms with van der Waals surface area (Å²) in [7, 11) is 0. The summed E-state index contributed by atoms with van der Waals surface area (Å²) in [6.45, 7) is 0. The van der Waals surface area contributed by atoms with Gasteiger partial charge in [-0.1, -0.05) is 23.1 Å². The second-order valence-electron chi connectivity index (χ2n) is 5.02. The summed E-state index contributed by atoms with van der Waals surface area (Å²) in [5.74, 6) is -0.510. The monoisotopic (exact) mass is 369 g/mol. The van der Waals surface area contributed by atoms with E-state index in [1.165, 1.54) is 34.4 Å². The SMILES string of the molecule is NC(=O)c1c(NC(=O)CSc2nnc(N)s2)sc2c1CCCC2. The van der Waals surface area contributed by atoms with Gasteiger partial charge in [0.2, 0.25) is 11.0 Å². The molecule has 0 saturated heterocycles. The zero-order chi connectivity index (χ0) is 16.4. The molecule has 2 heterocycles. The predicted molar refractivity (Wildman–Crippen MR) is 93.2 cm³/mol. The van der Waals surface area contributed by atoms with Crippen molar-refractivity contribution >= 4 is 56.4 Å². The van der Waals surface area contributed by atoms with Gasteiger partial charge in [0.05, 0.1) is 11.3 Å². The van der Waals surface area contributed by atoms with E-state index >= 15 is 0 Å². The maximum absolute atomic E-state index is 12.1. The van der Waals surface area contributed by atoms with Crippen LogP contribution in [0.3, 0.4) is 0 Å². The first-order chi connectivity index (χ1) is 11.0. The Morgan fingerprint density at radius 1 is 1.22 bits per heavy atom. The minimum Gasteiger partial charge on any atom is -0.374 e. The number of primary amides is 1. The quantitative estimate of drug-likeness (QED) is 0.691. The number of aryl methyl sites for hydroxylation is 1. The van der Waals surface area contributed by atoms with Gasteiger partial charge in [0.25, 0.3) is 5.91 Å². The number of nitrogen functional groups attached to an aromatic ring is 1. The predicted octanol–water partition coefficient (Wildman–Crippen LogP) is 1.89. The number of anilines is 2. The van der Waals surface area contributed by atoms with E-state index in [0.29, 0.717) is 20.0 Å². The minimum atomic E-state index is -0.482. The van der Waals surface area contributed by atoms with Crippen LogP contribution in [0.5, 0.6) is 0 Å². The standard InChI is InChI=1S/C13H15N5O2S3/c14-10(20)9-6-3-1-2-4-7(6)22-11(9)16-8(19)5-21-13-18-17-12(15)23-13/h1-5H2,(H2,14,20)(H2,15,17)(H,16,19). The molecule has 3 rings (SSSR count). The summed E-state index contributed by atoms with van der Waals surface area (Å²) in [4.78, 5) is 25.0. The first-order valence-corrected chi connectivity index (χ1v) is 9.62. The lowest BCUT2D eigenvalue weighted by atomic mass is 9.95. The number of carbonyl (C=O) groups is 2. The zero-order valence-electron chi connectivity index (χ0n) is 12.1. The van der Waals surface area contributed by atoms with Gasteiger partial charge >= 0.3 is 0 Å². The van der Waals surface area contributed by atoms with Crippen LogP contribution in [-0.2, 0) is 17.6 Å². The van der Waals surface area contributed by atoms with E-state index in [1.807, 2.05) is 0 Å². The minimum absolute atomic E-state index is 0.176. The van der Waals surface area contributed by atoms with E-state index in [0.717, 1.165) is 36.1 Å². The maximum Gasteiger partial charge on any atom is 0.251 e. The van der Waals surface area contributed by atoms with Gasteiger partial charge in [-0.3, -0.25) is 9.59 Å². The third-order valence-electron chi connectivity index (χ3n) is 3.42. The van der Waals surface area contributed by atoms with Crippen LogP contribution in [0.25, 0.3) is 0 Å². The molecule has 0 aliphatic heterocycles. The zero-order valence-corrected chi connectivity index (χ0v) is 14.6. The number of nitrogens with one attached hydrogen (secondary N) is 1. The number of thiophene rings is 1. The molecule has 122 valence electrons. The maximum atomic E-state index is 12.1. The number of nitrogens with two attached hydrogens (primary N) is 2. The molecule has 1 aliphatic carbocycles. The fourth-order valence-electron chi connectivity index (χ4n) is 2.48. The second-order valence-corrected chi connectivity index (χ2v) is 8.36. The average Bonchev–Trinajstić information content (AvgIpc) is 3.08. The normalized spacial score (nSPS) is 13.6. The molecule has 0 aromatic carbocycles. The lowest BCUT2D eigenvalue weighted by Gasteiger charge is -2.11. The molecule has 2 aromatic rings. The molecular weight excluding hydrogens is 354 g/mol. The highest BCUT2D eigenvalue weighted by Crippen LogP contribution is 2.38. The molecular formula is C13H15N5O2S3. The summed E-state index contributed by atoms with van der Waals surface area (Å²) < 4.78 is 0.637. The third kappa shape index (κ3) is 3.65. The Balaban J connectivity index is 1.70.